The molecule has 3 rings (SSSR count). The second kappa shape index (κ2) is 6.08. The Morgan fingerprint density at radius 2 is 1.71 bits per heavy atom. The molecule has 1 unspecified atom stereocenters. The summed E-state index contributed by atoms with van der Waals surface area (Å²) >= 11 is 0. The Kier molecular flexibility index (Phi) is 4.00. The Bertz CT molecular complexity index is 609. The Balaban J connectivity index is 1.88. The SMILES string of the molecule is O=C(c1ccccc1)N1CCCCC1c1ccc(F)cc1. The van der Waals surface area contributed by atoms with Crippen molar-refractivity contribution in [3.63, 3.8) is 0 Å². The van der Waals surface area contributed by atoms with Crippen molar-refractivity contribution in [2.24, 2.45) is 0 Å². The highest BCUT2D eigenvalue weighted by Crippen LogP contribution is 2.32. The predicted molar refractivity (Wildman–Crippen MR) is 80.5 cm³/mol. The number of piperidine rings is 1. The summed E-state index contributed by atoms with van der Waals surface area (Å²) in [4.78, 5) is 14.6. The van der Waals surface area contributed by atoms with Crippen molar-refractivity contribution < 1.29 is 9.18 Å². The fourth-order valence-electron chi connectivity index (χ4n) is 2.95. The van der Waals surface area contributed by atoms with Gasteiger partial charge >= 0.3 is 0 Å². The molecular weight excluding hydrogens is 265 g/mol. The average Bonchev–Trinajstić information content (AvgIpc) is 2.56. The van der Waals surface area contributed by atoms with E-state index >= 15 is 0 Å². The van der Waals surface area contributed by atoms with Crippen molar-refractivity contribution in [1.29, 1.82) is 0 Å². The highest BCUT2D eigenvalue weighted by Gasteiger charge is 2.28. The van der Waals surface area contributed by atoms with Crippen LogP contribution in [0.1, 0.15) is 41.2 Å². The van der Waals surface area contributed by atoms with Gasteiger partial charge in [0, 0.05) is 12.1 Å². The first-order chi connectivity index (χ1) is 10.3. The third-order valence-electron chi connectivity index (χ3n) is 4.04. The minimum atomic E-state index is -0.240. The second-order valence-corrected chi connectivity index (χ2v) is 5.43. The standard InChI is InChI=1S/C18H18FNO/c19-16-11-9-14(10-12-16)17-8-4-5-13-20(17)18(21)15-6-2-1-3-7-15/h1-3,6-7,9-12,17H,4-5,8,13H2. The van der Waals surface area contributed by atoms with E-state index in [4.69, 9.17) is 0 Å². The fourth-order valence-corrected chi connectivity index (χ4v) is 2.95. The monoisotopic (exact) mass is 283 g/mol. The van der Waals surface area contributed by atoms with Gasteiger partial charge in [-0.15, -0.1) is 0 Å². The topological polar surface area (TPSA) is 20.3 Å². The van der Waals surface area contributed by atoms with Gasteiger partial charge in [0.25, 0.3) is 5.91 Å². The Morgan fingerprint density at radius 3 is 2.43 bits per heavy atom. The number of hydrogen-bond donors (Lipinski definition) is 0. The van der Waals surface area contributed by atoms with Crippen LogP contribution < -0.4 is 0 Å². The van der Waals surface area contributed by atoms with Gasteiger partial charge in [-0.05, 0) is 49.1 Å². The zero-order valence-electron chi connectivity index (χ0n) is 11.8. The summed E-state index contributed by atoms with van der Waals surface area (Å²) in [5, 5.41) is 0. The maximum atomic E-state index is 13.1. The molecule has 1 aliphatic heterocycles. The van der Waals surface area contributed by atoms with Crippen LogP contribution in [0.15, 0.2) is 54.6 Å². The largest absolute Gasteiger partial charge is 0.332 e. The predicted octanol–water partition coefficient (Wildman–Crippen LogP) is 4.19. The van der Waals surface area contributed by atoms with Gasteiger partial charge in [-0.2, -0.15) is 0 Å². The van der Waals surface area contributed by atoms with Crippen molar-refractivity contribution in [2.45, 2.75) is 25.3 Å². The molecule has 1 fully saturated rings. The van der Waals surface area contributed by atoms with Crippen LogP contribution >= 0.6 is 0 Å². The lowest BCUT2D eigenvalue weighted by Gasteiger charge is -2.36. The zero-order chi connectivity index (χ0) is 14.7. The van der Waals surface area contributed by atoms with Gasteiger partial charge in [0.1, 0.15) is 5.82 Å². The molecule has 0 radical (unpaired) electrons. The summed E-state index contributed by atoms with van der Waals surface area (Å²) < 4.78 is 13.1. The van der Waals surface area contributed by atoms with E-state index < -0.39 is 0 Å². The quantitative estimate of drug-likeness (QED) is 0.809. The van der Waals surface area contributed by atoms with Gasteiger partial charge in [0.2, 0.25) is 0 Å². The summed E-state index contributed by atoms with van der Waals surface area (Å²) in [5.41, 5.74) is 1.73. The average molecular weight is 283 g/mol. The minimum Gasteiger partial charge on any atom is -0.332 e. The number of likely N-dealkylation sites (tertiary alicyclic amines) is 1. The highest BCUT2D eigenvalue weighted by atomic mass is 19.1. The van der Waals surface area contributed by atoms with Crippen molar-refractivity contribution in [3.8, 4) is 0 Å². The van der Waals surface area contributed by atoms with Crippen LogP contribution in [0.3, 0.4) is 0 Å². The van der Waals surface area contributed by atoms with E-state index in [0.717, 1.165) is 31.4 Å². The van der Waals surface area contributed by atoms with Crippen molar-refractivity contribution in [3.05, 3.63) is 71.5 Å². The Hall–Kier alpha value is -2.16. The third kappa shape index (κ3) is 2.97. The molecule has 108 valence electrons. The number of carbonyl (C=O) groups excluding carboxylic acids is 1. The van der Waals surface area contributed by atoms with Gasteiger partial charge < -0.3 is 4.90 Å². The molecule has 0 aromatic heterocycles. The molecule has 1 aliphatic rings. The summed E-state index contributed by atoms with van der Waals surface area (Å²) in [7, 11) is 0. The molecule has 1 saturated heterocycles. The smallest absolute Gasteiger partial charge is 0.254 e. The van der Waals surface area contributed by atoms with Crippen molar-refractivity contribution in [1.82, 2.24) is 4.90 Å². The molecule has 1 amide bonds. The molecule has 2 nitrogen and oxygen atoms in total. The van der Waals surface area contributed by atoms with Gasteiger partial charge in [0.15, 0.2) is 0 Å². The normalized spacial score (nSPS) is 18.5. The van der Waals surface area contributed by atoms with Crippen LogP contribution in [0.25, 0.3) is 0 Å². The molecule has 1 heterocycles. The summed E-state index contributed by atoms with van der Waals surface area (Å²) in [5.74, 6) is -0.180. The van der Waals surface area contributed by atoms with E-state index in [0.29, 0.717) is 5.56 Å². The fraction of sp³-hybridized carbons (Fsp3) is 0.278. The molecule has 1 atom stereocenters. The molecule has 0 N–H and O–H groups in total. The molecule has 0 spiro atoms. The first-order valence-electron chi connectivity index (χ1n) is 7.37. The number of rotatable bonds is 2. The van der Waals surface area contributed by atoms with E-state index in [2.05, 4.69) is 0 Å². The number of amides is 1. The molecule has 21 heavy (non-hydrogen) atoms. The molecule has 0 saturated carbocycles. The van der Waals surface area contributed by atoms with Gasteiger partial charge in [0.05, 0.1) is 6.04 Å². The first-order valence-corrected chi connectivity index (χ1v) is 7.37. The van der Waals surface area contributed by atoms with Crippen molar-refractivity contribution in [2.75, 3.05) is 6.54 Å². The summed E-state index contributed by atoms with van der Waals surface area (Å²) in [6.45, 7) is 0.760. The van der Waals surface area contributed by atoms with E-state index in [1.54, 1.807) is 12.1 Å². The summed E-state index contributed by atoms with van der Waals surface area (Å²) in [6, 6.07) is 15.9. The van der Waals surface area contributed by atoms with Crippen LogP contribution in [-0.2, 0) is 0 Å². The molecule has 3 heteroatoms. The first kappa shape index (κ1) is 13.8. The lowest BCUT2D eigenvalue weighted by atomic mass is 9.94. The molecular formula is C18H18FNO. The zero-order valence-corrected chi connectivity index (χ0v) is 11.8. The van der Waals surface area contributed by atoms with E-state index in [-0.39, 0.29) is 17.8 Å². The number of benzene rings is 2. The number of nitrogens with zero attached hydrogens (tertiary/aromatic N) is 1. The molecule has 2 aromatic rings. The van der Waals surface area contributed by atoms with Crippen LogP contribution in [-0.4, -0.2) is 17.4 Å². The van der Waals surface area contributed by atoms with Crippen LogP contribution in [0.2, 0.25) is 0 Å². The second-order valence-electron chi connectivity index (χ2n) is 5.43. The maximum Gasteiger partial charge on any atom is 0.254 e. The Labute approximate surface area is 124 Å². The lowest BCUT2D eigenvalue weighted by Crippen LogP contribution is -2.38. The highest BCUT2D eigenvalue weighted by molar-refractivity contribution is 5.94. The maximum absolute atomic E-state index is 13.1. The molecule has 0 bridgehead atoms. The molecule has 2 aromatic carbocycles. The van der Waals surface area contributed by atoms with Gasteiger partial charge in [-0.25, -0.2) is 4.39 Å². The number of hydrogen-bond acceptors (Lipinski definition) is 1. The van der Waals surface area contributed by atoms with Crippen LogP contribution in [0, 0.1) is 5.82 Å². The van der Waals surface area contributed by atoms with E-state index in [1.165, 1.54) is 12.1 Å². The van der Waals surface area contributed by atoms with Crippen molar-refractivity contribution >= 4 is 5.91 Å². The van der Waals surface area contributed by atoms with Crippen LogP contribution in [0.5, 0.6) is 0 Å². The Morgan fingerprint density at radius 1 is 1.00 bits per heavy atom. The minimum absolute atomic E-state index is 0.0482. The number of halogens is 1. The van der Waals surface area contributed by atoms with Gasteiger partial charge in [-0.3, -0.25) is 4.79 Å². The van der Waals surface area contributed by atoms with E-state index in [9.17, 15) is 9.18 Å². The van der Waals surface area contributed by atoms with Crippen LogP contribution in [0.4, 0.5) is 4.39 Å². The van der Waals surface area contributed by atoms with Gasteiger partial charge in [-0.1, -0.05) is 30.3 Å². The number of carbonyl (C=O) groups is 1. The lowest BCUT2D eigenvalue weighted by molar-refractivity contribution is 0.0611. The molecule has 0 aliphatic carbocycles. The van der Waals surface area contributed by atoms with E-state index in [1.807, 2.05) is 35.2 Å². The third-order valence-corrected chi connectivity index (χ3v) is 4.04. The summed E-state index contributed by atoms with van der Waals surface area (Å²) in [6.07, 6.45) is 3.06.